The molecular formula is C23H22ClN7O4. The first-order valence-electron chi connectivity index (χ1n) is 10.8. The van der Waals surface area contributed by atoms with E-state index in [1.807, 2.05) is 0 Å². The van der Waals surface area contributed by atoms with E-state index in [2.05, 4.69) is 20.2 Å². The first-order valence-corrected chi connectivity index (χ1v) is 11.1. The average Bonchev–Trinajstić information content (AvgIpc) is 2.84. The summed E-state index contributed by atoms with van der Waals surface area (Å²) in [4.78, 5) is 44.1. The second-order valence-corrected chi connectivity index (χ2v) is 8.09. The first-order chi connectivity index (χ1) is 16.9. The quantitative estimate of drug-likeness (QED) is 0.513. The van der Waals surface area contributed by atoms with Crippen molar-refractivity contribution in [1.82, 2.24) is 14.1 Å². The second-order valence-electron chi connectivity index (χ2n) is 7.66. The topological polar surface area (TPSA) is 149 Å². The summed E-state index contributed by atoms with van der Waals surface area (Å²) in [5.74, 6) is 0.453. The van der Waals surface area contributed by atoms with Crippen LogP contribution in [0.2, 0.25) is 5.02 Å². The number of aromatic amines is 1. The van der Waals surface area contributed by atoms with E-state index in [0.29, 0.717) is 28.8 Å². The Morgan fingerprint density at radius 2 is 1.86 bits per heavy atom. The molecule has 0 unspecified atom stereocenters. The van der Waals surface area contributed by atoms with Crippen molar-refractivity contribution < 1.29 is 9.53 Å². The molecule has 1 amide bonds. The van der Waals surface area contributed by atoms with Crippen LogP contribution in [0.4, 0.5) is 5.69 Å². The molecule has 11 nitrogen and oxygen atoms in total. The maximum Gasteiger partial charge on any atom is 0.335 e. The number of aromatic nitrogens is 3. The zero-order valence-electron chi connectivity index (χ0n) is 18.6. The fourth-order valence-electron chi connectivity index (χ4n) is 3.30. The Bertz CT molecular complexity index is 1470. The van der Waals surface area contributed by atoms with Gasteiger partial charge in [0.1, 0.15) is 5.75 Å². The number of nitrogens with zero attached hydrogens (tertiary/aromatic N) is 5. The molecule has 1 aliphatic rings. The van der Waals surface area contributed by atoms with E-state index in [1.165, 1.54) is 4.57 Å². The molecule has 0 aliphatic carbocycles. The Balaban J connectivity index is 1.71. The molecule has 3 aromatic rings. The van der Waals surface area contributed by atoms with Gasteiger partial charge in [0.2, 0.25) is 17.4 Å². The van der Waals surface area contributed by atoms with Crippen molar-refractivity contribution in [1.29, 1.82) is 0 Å². The molecule has 1 aromatic heterocycles. The smallest absolute Gasteiger partial charge is 0.335 e. The third-order valence-electron chi connectivity index (χ3n) is 5.06. The number of benzene rings is 2. The molecule has 35 heavy (non-hydrogen) atoms. The fourth-order valence-corrected chi connectivity index (χ4v) is 3.42. The predicted octanol–water partition coefficient (Wildman–Crippen LogP) is 1.70. The van der Waals surface area contributed by atoms with E-state index < -0.39 is 17.3 Å². The van der Waals surface area contributed by atoms with E-state index in [0.717, 1.165) is 16.6 Å². The zero-order valence-corrected chi connectivity index (χ0v) is 19.3. The molecule has 0 bridgehead atoms. The van der Waals surface area contributed by atoms with E-state index in [-0.39, 0.29) is 25.1 Å². The fraction of sp³-hybridized carbons (Fsp3) is 0.217. The number of primary amides is 1. The number of H-pyrrole nitrogens is 1. The van der Waals surface area contributed by atoms with Crippen LogP contribution in [0, 0.1) is 0 Å². The lowest BCUT2D eigenvalue weighted by Crippen LogP contribution is -2.50. The zero-order chi connectivity index (χ0) is 24.8. The Morgan fingerprint density at radius 1 is 1.11 bits per heavy atom. The number of carbonyl (C=O) groups excluding carboxylic acids is 1. The SMILES string of the molecule is NC(=O)CCn1c(=O)[nH]/c(=N\c2ccc(OC3=NN=CCC3)cc2)n(Cc2ccc(Cl)cc2)c1=O. The molecule has 0 radical (unpaired) electrons. The van der Waals surface area contributed by atoms with Crippen molar-refractivity contribution in [2.24, 2.45) is 20.9 Å². The van der Waals surface area contributed by atoms with Crippen LogP contribution in [0.3, 0.4) is 0 Å². The minimum absolute atomic E-state index is 0.0462. The third-order valence-corrected chi connectivity index (χ3v) is 5.31. The lowest BCUT2D eigenvalue weighted by Gasteiger charge is -2.11. The number of nitrogens with two attached hydrogens (primary N) is 1. The molecule has 3 N–H and O–H groups in total. The minimum Gasteiger partial charge on any atom is -0.441 e. The third kappa shape index (κ3) is 6.21. The van der Waals surface area contributed by atoms with E-state index in [1.54, 1.807) is 54.7 Å². The van der Waals surface area contributed by atoms with Crippen LogP contribution >= 0.6 is 11.6 Å². The molecule has 0 saturated heterocycles. The van der Waals surface area contributed by atoms with Crippen molar-refractivity contribution in [3.63, 3.8) is 0 Å². The first kappa shape index (κ1) is 23.9. The summed E-state index contributed by atoms with van der Waals surface area (Å²) in [6.45, 7) is -0.0336. The predicted molar refractivity (Wildman–Crippen MR) is 131 cm³/mol. The molecule has 2 aromatic carbocycles. The Hall–Kier alpha value is -4.25. The van der Waals surface area contributed by atoms with Crippen LogP contribution in [0.1, 0.15) is 24.8 Å². The number of carbonyl (C=O) groups is 1. The van der Waals surface area contributed by atoms with Gasteiger partial charge in [0.25, 0.3) is 0 Å². The van der Waals surface area contributed by atoms with Gasteiger partial charge in [-0.1, -0.05) is 23.7 Å². The van der Waals surface area contributed by atoms with Gasteiger partial charge in [-0.05, 0) is 48.4 Å². The highest BCUT2D eigenvalue weighted by Gasteiger charge is 2.11. The van der Waals surface area contributed by atoms with Crippen LogP contribution in [0.25, 0.3) is 0 Å². The van der Waals surface area contributed by atoms with Crippen LogP contribution < -0.4 is 27.5 Å². The molecule has 0 saturated carbocycles. The Labute approximate surface area is 203 Å². The van der Waals surface area contributed by atoms with Gasteiger partial charge < -0.3 is 10.5 Å². The van der Waals surface area contributed by atoms with E-state index >= 15 is 0 Å². The standard InChI is InChI=1S/C23H22ClN7O4/c24-16-5-3-15(4-6-16)14-31-21(28-22(33)30(23(31)34)13-11-19(25)32)27-17-7-9-18(10-8-17)35-20-2-1-12-26-29-20/h3-10,12H,1-2,11,13-14H2,(H2,25,32)(H,27,28,33). The molecule has 1 aliphatic heterocycles. The normalized spacial score (nSPS) is 13.5. The maximum absolute atomic E-state index is 13.2. The minimum atomic E-state index is -0.696. The molecule has 180 valence electrons. The summed E-state index contributed by atoms with van der Waals surface area (Å²) in [6, 6.07) is 13.7. The van der Waals surface area contributed by atoms with Crippen molar-refractivity contribution >= 4 is 35.3 Å². The number of ether oxygens (including phenoxy) is 1. The largest absolute Gasteiger partial charge is 0.441 e. The van der Waals surface area contributed by atoms with Crippen molar-refractivity contribution in [3.05, 3.63) is 85.7 Å². The number of halogens is 1. The summed E-state index contributed by atoms with van der Waals surface area (Å²) in [5, 5.41) is 8.34. The van der Waals surface area contributed by atoms with Gasteiger partial charge in [0.15, 0.2) is 0 Å². The monoisotopic (exact) mass is 495 g/mol. The Morgan fingerprint density at radius 3 is 2.51 bits per heavy atom. The highest BCUT2D eigenvalue weighted by Crippen LogP contribution is 2.19. The second kappa shape index (κ2) is 10.8. The molecule has 12 heteroatoms. The van der Waals surface area contributed by atoms with E-state index in [4.69, 9.17) is 22.1 Å². The Kier molecular flexibility index (Phi) is 7.36. The molecular weight excluding hydrogens is 474 g/mol. The molecule has 0 fully saturated rings. The highest BCUT2D eigenvalue weighted by molar-refractivity contribution is 6.30. The lowest BCUT2D eigenvalue weighted by atomic mass is 10.2. The molecule has 0 atom stereocenters. The van der Waals surface area contributed by atoms with Gasteiger partial charge >= 0.3 is 11.4 Å². The molecule has 2 heterocycles. The van der Waals surface area contributed by atoms with Crippen molar-refractivity contribution in [2.45, 2.75) is 32.4 Å². The summed E-state index contributed by atoms with van der Waals surface area (Å²) in [6.07, 6.45) is 2.99. The summed E-state index contributed by atoms with van der Waals surface area (Å²) in [5.41, 5.74) is 5.16. The van der Waals surface area contributed by atoms with Gasteiger partial charge in [0, 0.05) is 30.6 Å². The summed E-state index contributed by atoms with van der Waals surface area (Å²) < 4.78 is 7.93. The van der Waals surface area contributed by atoms with Gasteiger partial charge in [-0.25, -0.2) is 19.1 Å². The van der Waals surface area contributed by atoms with Gasteiger partial charge in [-0.2, -0.15) is 5.10 Å². The van der Waals surface area contributed by atoms with Crippen LogP contribution in [0.5, 0.6) is 5.75 Å². The van der Waals surface area contributed by atoms with Crippen molar-refractivity contribution in [3.8, 4) is 5.75 Å². The number of hydrogen-bond acceptors (Lipinski definition) is 7. The lowest BCUT2D eigenvalue weighted by molar-refractivity contribution is -0.118. The maximum atomic E-state index is 13.2. The molecule has 4 rings (SSSR count). The van der Waals surface area contributed by atoms with Crippen molar-refractivity contribution in [2.75, 3.05) is 0 Å². The van der Waals surface area contributed by atoms with E-state index in [9.17, 15) is 14.4 Å². The number of rotatable bonds is 7. The van der Waals surface area contributed by atoms with Crippen LogP contribution in [-0.4, -0.2) is 32.1 Å². The summed E-state index contributed by atoms with van der Waals surface area (Å²) in [7, 11) is 0. The van der Waals surface area contributed by atoms with Crippen LogP contribution in [-0.2, 0) is 17.9 Å². The van der Waals surface area contributed by atoms with Gasteiger partial charge in [0.05, 0.1) is 12.2 Å². The van der Waals surface area contributed by atoms with Crippen LogP contribution in [0.15, 0.2) is 73.3 Å². The van der Waals surface area contributed by atoms with Gasteiger partial charge in [-0.3, -0.25) is 14.3 Å². The average molecular weight is 496 g/mol. The van der Waals surface area contributed by atoms with Gasteiger partial charge in [-0.15, -0.1) is 5.10 Å². The molecule has 0 spiro atoms. The number of amides is 1. The number of nitrogens with one attached hydrogen (secondary N) is 1. The summed E-state index contributed by atoms with van der Waals surface area (Å²) >= 11 is 5.97. The number of hydrogen-bond donors (Lipinski definition) is 2. The highest BCUT2D eigenvalue weighted by atomic mass is 35.5.